The summed E-state index contributed by atoms with van der Waals surface area (Å²) in [6.07, 6.45) is 0. The third kappa shape index (κ3) is 10.8. The zero-order chi connectivity index (χ0) is 9.12. The second-order valence-corrected chi connectivity index (χ2v) is 8.90. The van der Waals surface area contributed by atoms with E-state index in [1.54, 1.807) is 0 Å². The summed E-state index contributed by atoms with van der Waals surface area (Å²) in [6.45, 7) is 0. The summed E-state index contributed by atoms with van der Waals surface area (Å²) >= 11 is -2.10. The molecule has 0 amide bonds. The molecule has 0 aliphatic carbocycles. The number of hydrogen-bond acceptors (Lipinski definition) is 2. The number of hydrogen-bond donors (Lipinski definition) is 0. The average molecular weight is 275 g/mol. The van der Waals surface area contributed by atoms with E-state index in [1.807, 2.05) is 0 Å². The monoisotopic (exact) mass is 276 g/mol. The van der Waals surface area contributed by atoms with E-state index in [0.717, 1.165) is 0 Å². The predicted molar refractivity (Wildman–Crippen MR) is 33.0 cm³/mol. The van der Waals surface area contributed by atoms with E-state index in [1.165, 1.54) is 0 Å². The SMILES string of the molecule is FC(F)(F)[S][Ge][S]C(F)(F)F. The molecule has 2 radical (unpaired) electrons. The first-order valence-corrected chi connectivity index (χ1v) is 8.72. The number of rotatable bonds is 2. The van der Waals surface area contributed by atoms with Gasteiger partial charge in [0.05, 0.1) is 0 Å². The van der Waals surface area contributed by atoms with Crippen molar-refractivity contribution in [3.63, 3.8) is 0 Å². The van der Waals surface area contributed by atoms with Gasteiger partial charge in [0.15, 0.2) is 0 Å². The fraction of sp³-hybridized carbons (Fsp3) is 1.00. The van der Waals surface area contributed by atoms with E-state index < -0.39 is 44.3 Å². The molecule has 0 fully saturated rings. The van der Waals surface area contributed by atoms with Crippen LogP contribution in [0.25, 0.3) is 0 Å². The zero-order valence-corrected chi connectivity index (χ0v) is 8.32. The summed E-state index contributed by atoms with van der Waals surface area (Å²) < 4.78 is 67.5. The minimum absolute atomic E-state index is 0.572. The Morgan fingerprint density at radius 1 is 0.727 bits per heavy atom. The summed E-state index contributed by atoms with van der Waals surface area (Å²) in [6, 6.07) is 0. The Balaban J connectivity index is 3.44. The second kappa shape index (κ2) is 4.17. The summed E-state index contributed by atoms with van der Waals surface area (Å²) in [5, 5.41) is 0. The van der Waals surface area contributed by atoms with Crippen molar-refractivity contribution in [2.45, 2.75) is 11.0 Å². The van der Waals surface area contributed by atoms with Crippen LogP contribution in [0.2, 0.25) is 0 Å². The molecule has 0 rings (SSSR count). The van der Waals surface area contributed by atoms with Crippen LogP contribution in [-0.4, -0.2) is 24.2 Å². The van der Waals surface area contributed by atoms with E-state index in [4.69, 9.17) is 0 Å². The van der Waals surface area contributed by atoms with Crippen molar-refractivity contribution >= 4 is 33.3 Å². The summed E-state index contributed by atoms with van der Waals surface area (Å²) in [4.78, 5) is 0. The van der Waals surface area contributed by atoms with Crippen molar-refractivity contribution < 1.29 is 26.3 Å². The average Bonchev–Trinajstić information content (AvgIpc) is 1.55. The Kier molecular flexibility index (Phi) is 4.48. The van der Waals surface area contributed by atoms with Crippen molar-refractivity contribution in [3.05, 3.63) is 0 Å². The van der Waals surface area contributed by atoms with Crippen LogP contribution in [0.15, 0.2) is 0 Å². The van der Waals surface area contributed by atoms with E-state index in [-0.39, 0.29) is 0 Å². The van der Waals surface area contributed by atoms with Gasteiger partial charge in [0.1, 0.15) is 0 Å². The molecule has 0 aliphatic heterocycles. The van der Waals surface area contributed by atoms with Gasteiger partial charge in [0.2, 0.25) is 0 Å². The molecule has 0 atom stereocenters. The van der Waals surface area contributed by atoms with Gasteiger partial charge < -0.3 is 0 Å². The Bertz CT molecular complexity index is 103. The summed E-state index contributed by atoms with van der Waals surface area (Å²) in [5.74, 6) is 0. The number of halogens is 6. The van der Waals surface area contributed by atoms with Crippen molar-refractivity contribution in [1.29, 1.82) is 0 Å². The van der Waals surface area contributed by atoms with Crippen LogP contribution < -0.4 is 0 Å². The molecule has 0 nitrogen and oxygen atoms in total. The maximum atomic E-state index is 11.2. The van der Waals surface area contributed by atoms with Gasteiger partial charge in [-0.2, -0.15) is 0 Å². The molecule has 0 aliphatic rings. The van der Waals surface area contributed by atoms with Crippen molar-refractivity contribution in [2.75, 3.05) is 0 Å². The molecule has 0 saturated heterocycles. The van der Waals surface area contributed by atoms with Gasteiger partial charge in [-0.05, 0) is 0 Å². The molecule has 0 bridgehead atoms. The fourth-order valence-electron chi connectivity index (χ4n) is 0.115. The topological polar surface area (TPSA) is 0 Å². The molecule has 0 heterocycles. The van der Waals surface area contributed by atoms with Crippen molar-refractivity contribution in [2.24, 2.45) is 0 Å². The molecular formula is C2F6GeS2. The van der Waals surface area contributed by atoms with Crippen LogP contribution in [0.3, 0.4) is 0 Å². The second-order valence-electron chi connectivity index (χ2n) is 1.18. The van der Waals surface area contributed by atoms with Gasteiger partial charge in [-0.15, -0.1) is 0 Å². The minimum atomic E-state index is -4.53. The molecule has 9 heteroatoms. The molecule has 66 valence electrons. The first kappa shape index (κ1) is 11.8. The number of alkyl halides is 6. The van der Waals surface area contributed by atoms with Crippen molar-refractivity contribution in [1.82, 2.24) is 0 Å². The van der Waals surface area contributed by atoms with Gasteiger partial charge in [0, 0.05) is 0 Å². The third-order valence-corrected chi connectivity index (χ3v) is 7.51. The van der Waals surface area contributed by atoms with Crippen LogP contribution in [-0.2, 0) is 0 Å². The Morgan fingerprint density at radius 2 is 1.00 bits per heavy atom. The molecule has 11 heavy (non-hydrogen) atoms. The first-order valence-electron chi connectivity index (χ1n) is 1.95. The standard InChI is InChI=1S/C2F6GeS2/c3-1(4,5)10-9-11-2(6,7)8. The Morgan fingerprint density at radius 3 is 1.18 bits per heavy atom. The van der Waals surface area contributed by atoms with E-state index in [0.29, 0.717) is 0 Å². The van der Waals surface area contributed by atoms with Gasteiger partial charge >= 0.3 is 70.7 Å². The third-order valence-electron chi connectivity index (χ3n) is 0.315. The van der Waals surface area contributed by atoms with Crippen LogP contribution in [0.1, 0.15) is 0 Å². The maximum absolute atomic E-state index is 11.2. The van der Waals surface area contributed by atoms with Crippen LogP contribution in [0.5, 0.6) is 0 Å². The predicted octanol–water partition coefficient (Wildman–Crippen LogP) is 3.03. The van der Waals surface area contributed by atoms with E-state index >= 15 is 0 Å². The van der Waals surface area contributed by atoms with E-state index in [2.05, 4.69) is 0 Å². The van der Waals surface area contributed by atoms with Gasteiger partial charge in [0.25, 0.3) is 0 Å². The molecule has 0 unspecified atom stereocenters. The quantitative estimate of drug-likeness (QED) is 0.561. The fourth-order valence-corrected chi connectivity index (χ4v) is 5.39. The molecule has 0 saturated carbocycles. The normalized spacial score (nSPS) is 13.6. The van der Waals surface area contributed by atoms with E-state index in [9.17, 15) is 26.3 Å². The Hall–Kier alpha value is 0.823. The summed E-state index contributed by atoms with van der Waals surface area (Å²) in [5.41, 5.74) is -9.06. The molecular weight excluding hydrogens is 275 g/mol. The molecule has 0 spiro atoms. The van der Waals surface area contributed by atoms with Crippen LogP contribution in [0.4, 0.5) is 26.3 Å². The molecule has 0 N–H and O–H groups in total. The van der Waals surface area contributed by atoms with Crippen molar-refractivity contribution in [3.8, 4) is 0 Å². The van der Waals surface area contributed by atoms with Gasteiger partial charge in [-0.1, -0.05) is 0 Å². The molecule has 0 aromatic rings. The summed E-state index contributed by atoms with van der Waals surface area (Å²) in [7, 11) is -1.14. The van der Waals surface area contributed by atoms with Gasteiger partial charge in [-0.25, -0.2) is 0 Å². The molecule has 0 aromatic carbocycles. The molecule has 0 aromatic heterocycles. The Labute approximate surface area is 71.0 Å². The van der Waals surface area contributed by atoms with Crippen LogP contribution >= 0.6 is 20.2 Å². The first-order chi connectivity index (χ1) is 4.71. The zero-order valence-electron chi connectivity index (χ0n) is 4.58. The van der Waals surface area contributed by atoms with Crippen LogP contribution in [0, 0.1) is 0 Å². The van der Waals surface area contributed by atoms with Gasteiger partial charge in [-0.3, -0.25) is 0 Å².